The quantitative estimate of drug-likeness (QED) is 0.227. The largest absolute Gasteiger partial charge is 0.435 e. The van der Waals surface area contributed by atoms with Crippen molar-refractivity contribution >= 4 is 23.2 Å². The fourth-order valence-corrected chi connectivity index (χ4v) is 4.86. The number of aryl methyl sites for hydroxylation is 1. The third-order valence-corrected chi connectivity index (χ3v) is 7.01. The van der Waals surface area contributed by atoms with E-state index >= 15 is 0 Å². The lowest BCUT2D eigenvalue weighted by molar-refractivity contribution is -0.210. The van der Waals surface area contributed by atoms with Crippen molar-refractivity contribution in [2.75, 3.05) is 6.61 Å². The van der Waals surface area contributed by atoms with E-state index in [4.69, 9.17) is 27.9 Å². The molecule has 1 aliphatic heterocycles. The highest BCUT2D eigenvalue weighted by molar-refractivity contribution is 6.31. The van der Waals surface area contributed by atoms with E-state index in [1.807, 2.05) is 0 Å². The van der Waals surface area contributed by atoms with Crippen molar-refractivity contribution in [3.63, 3.8) is 0 Å². The first-order valence-corrected chi connectivity index (χ1v) is 12.5. The predicted molar refractivity (Wildman–Crippen MR) is 132 cm³/mol. The van der Waals surface area contributed by atoms with Gasteiger partial charge in [-0.2, -0.15) is 23.4 Å². The Balaban J connectivity index is 1.58. The lowest BCUT2D eigenvalue weighted by Crippen LogP contribution is -2.53. The van der Waals surface area contributed by atoms with Crippen LogP contribution in [0, 0.1) is 18.6 Å². The third kappa shape index (κ3) is 5.40. The second-order valence-electron chi connectivity index (χ2n) is 9.16. The minimum atomic E-state index is -4.92. The minimum absolute atomic E-state index is 0.000266. The number of aromatic nitrogens is 6. The van der Waals surface area contributed by atoms with Crippen molar-refractivity contribution in [3.8, 4) is 16.8 Å². The highest BCUT2D eigenvalue weighted by atomic mass is 35.5. The zero-order valence-corrected chi connectivity index (χ0v) is 22.1. The van der Waals surface area contributed by atoms with Crippen molar-refractivity contribution in [1.29, 1.82) is 0 Å². The zero-order chi connectivity index (χ0) is 29.8. The van der Waals surface area contributed by atoms with Gasteiger partial charge in [0, 0.05) is 18.0 Å². The lowest BCUT2D eigenvalue weighted by Gasteiger charge is -2.41. The Labute approximate surface area is 237 Å². The molecule has 4 heterocycles. The summed E-state index contributed by atoms with van der Waals surface area (Å²) in [7, 11) is 0. The average Bonchev–Trinajstić information content (AvgIpc) is 3.53. The molecule has 17 heteroatoms. The molecule has 1 aliphatic rings. The Kier molecular flexibility index (Phi) is 7.78. The molecule has 0 spiro atoms. The smallest absolute Gasteiger partial charge is 0.394 e. The summed E-state index contributed by atoms with van der Waals surface area (Å²) in [5.74, 6) is -2.36. The Morgan fingerprint density at radius 1 is 1.02 bits per heavy atom. The van der Waals surface area contributed by atoms with Crippen molar-refractivity contribution in [2.45, 2.75) is 43.6 Å². The van der Waals surface area contributed by atoms with Crippen LogP contribution in [-0.2, 0) is 10.9 Å². The highest BCUT2D eigenvalue weighted by Crippen LogP contribution is 2.40. The number of ether oxygens (including phenoxy) is 1. The maximum atomic E-state index is 14.0. The standard InChI is InChI=1S/C24H19Cl2F5N6O4/c1-9-34-23(37(35-9)15-4-12(25)6-32-22(15)24(29,30)31)21-20(40)18(19(39)16(8-38)41-21)36-7-11(5-33-36)10-2-13(27)17(26)14(28)3-10/h2-7,16,18-21,38-40H,8H2,1H3/t16?,18-,19-,20?,21+/m0/s1. The Morgan fingerprint density at radius 3 is 2.34 bits per heavy atom. The molecule has 0 saturated carbocycles. The van der Waals surface area contributed by atoms with E-state index in [1.165, 1.54) is 19.3 Å². The first-order chi connectivity index (χ1) is 19.3. The number of alkyl halides is 3. The number of nitrogens with zero attached hydrogens (tertiary/aromatic N) is 6. The van der Waals surface area contributed by atoms with Crippen LogP contribution in [0.4, 0.5) is 22.0 Å². The van der Waals surface area contributed by atoms with Crippen molar-refractivity contribution in [1.82, 2.24) is 29.5 Å². The molecule has 0 radical (unpaired) electrons. The van der Waals surface area contributed by atoms with Crippen LogP contribution >= 0.6 is 23.2 Å². The second kappa shape index (κ2) is 10.9. The first-order valence-electron chi connectivity index (χ1n) is 11.8. The average molecular weight is 621 g/mol. The fourth-order valence-electron chi connectivity index (χ4n) is 4.60. The van der Waals surface area contributed by atoms with Gasteiger partial charge in [0.05, 0.1) is 23.5 Å². The molecule has 5 rings (SSSR count). The summed E-state index contributed by atoms with van der Waals surface area (Å²) < 4.78 is 77.0. The van der Waals surface area contributed by atoms with Gasteiger partial charge in [0.1, 0.15) is 52.9 Å². The summed E-state index contributed by atoms with van der Waals surface area (Å²) in [6, 6.07) is 1.52. The van der Waals surface area contributed by atoms with E-state index in [-0.39, 0.29) is 27.8 Å². The molecular formula is C24H19Cl2F5N6O4. The molecule has 0 aliphatic carbocycles. The molecule has 3 N–H and O–H groups in total. The maximum absolute atomic E-state index is 14.0. The first kappa shape index (κ1) is 29.3. The number of pyridine rings is 1. The van der Waals surface area contributed by atoms with Gasteiger partial charge >= 0.3 is 6.18 Å². The van der Waals surface area contributed by atoms with E-state index < -0.39 is 71.3 Å². The number of aliphatic hydroxyl groups is 3. The van der Waals surface area contributed by atoms with E-state index in [1.54, 1.807) is 0 Å². The Hall–Kier alpha value is -3.21. The van der Waals surface area contributed by atoms with Crippen molar-refractivity contribution in [3.05, 3.63) is 75.8 Å². The van der Waals surface area contributed by atoms with Crippen LogP contribution in [-0.4, -0.2) is 69.8 Å². The molecule has 2 unspecified atom stereocenters. The monoisotopic (exact) mass is 620 g/mol. The van der Waals surface area contributed by atoms with Gasteiger partial charge in [-0.3, -0.25) is 4.68 Å². The topological polar surface area (TPSA) is 131 Å². The van der Waals surface area contributed by atoms with Gasteiger partial charge < -0.3 is 20.1 Å². The van der Waals surface area contributed by atoms with Gasteiger partial charge in [-0.25, -0.2) is 23.4 Å². The van der Waals surface area contributed by atoms with Crippen LogP contribution in [0.3, 0.4) is 0 Å². The zero-order valence-electron chi connectivity index (χ0n) is 20.6. The predicted octanol–water partition coefficient (Wildman–Crippen LogP) is 3.83. The third-order valence-electron chi connectivity index (χ3n) is 6.44. The fraction of sp³-hybridized carbons (Fsp3) is 0.333. The molecule has 4 aromatic rings. The van der Waals surface area contributed by atoms with Crippen molar-refractivity contribution < 1.29 is 42.0 Å². The van der Waals surface area contributed by atoms with E-state index in [0.717, 1.165) is 33.8 Å². The molecule has 5 atom stereocenters. The SMILES string of the molecule is Cc1nc([C@@H]2OC(CO)[C@H](O)[C@H](n3cc(-c4cc(F)c(Cl)c(F)c4)cn3)C2O)n(-c2cc(Cl)cnc2C(F)(F)F)n1. The summed E-state index contributed by atoms with van der Waals surface area (Å²) in [6.45, 7) is 0.628. The summed E-state index contributed by atoms with van der Waals surface area (Å²) in [6.07, 6.45) is -7.87. The molecule has 0 amide bonds. The number of benzene rings is 1. The molecule has 218 valence electrons. The molecule has 10 nitrogen and oxygen atoms in total. The molecule has 1 aromatic carbocycles. The second-order valence-corrected chi connectivity index (χ2v) is 9.97. The van der Waals surface area contributed by atoms with Crippen LogP contribution in [0.5, 0.6) is 0 Å². The summed E-state index contributed by atoms with van der Waals surface area (Å²) in [4.78, 5) is 7.55. The molecule has 41 heavy (non-hydrogen) atoms. The summed E-state index contributed by atoms with van der Waals surface area (Å²) >= 11 is 11.5. The van der Waals surface area contributed by atoms with E-state index in [0.29, 0.717) is 0 Å². The normalized spacial score (nSPS) is 23.2. The lowest BCUT2D eigenvalue weighted by atomic mass is 9.92. The highest BCUT2D eigenvalue weighted by Gasteiger charge is 2.49. The summed E-state index contributed by atoms with van der Waals surface area (Å²) in [5, 5.41) is 39.5. The van der Waals surface area contributed by atoms with E-state index in [2.05, 4.69) is 20.2 Å². The van der Waals surface area contributed by atoms with Gasteiger partial charge in [0.2, 0.25) is 0 Å². The van der Waals surface area contributed by atoms with Crippen LogP contribution < -0.4 is 0 Å². The number of halogens is 7. The number of aliphatic hydroxyl groups excluding tert-OH is 3. The van der Waals surface area contributed by atoms with Gasteiger partial charge in [0.25, 0.3) is 0 Å². The number of hydrogen-bond acceptors (Lipinski definition) is 8. The van der Waals surface area contributed by atoms with Gasteiger partial charge in [-0.1, -0.05) is 23.2 Å². The maximum Gasteiger partial charge on any atom is 0.435 e. The van der Waals surface area contributed by atoms with Crippen molar-refractivity contribution in [2.24, 2.45) is 0 Å². The molecule has 1 fully saturated rings. The van der Waals surface area contributed by atoms with Crippen LogP contribution in [0.25, 0.3) is 16.8 Å². The minimum Gasteiger partial charge on any atom is -0.394 e. The van der Waals surface area contributed by atoms with Crippen LogP contribution in [0.15, 0.2) is 36.8 Å². The van der Waals surface area contributed by atoms with Crippen LogP contribution in [0.1, 0.15) is 29.5 Å². The van der Waals surface area contributed by atoms with E-state index in [9.17, 15) is 37.3 Å². The molecule has 1 saturated heterocycles. The number of rotatable bonds is 5. The van der Waals surface area contributed by atoms with Crippen LogP contribution in [0.2, 0.25) is 10.0 Å². The van der Waals surface area contributed by atoms with Gasteiger partial charge in [-0.05, 0) is 30.7 Å². The summed E-state index contributed by atoms with van der Waals surface area (Å²) in [5.41, 5.74) is -1.72. The number of hydrogen-bond donors (Lipinski definition) is 3. The molecule has 0 bridgehead atoms. The Morgan fingerprint density at radius 2 is 1.71 bits per heavy atom. The molecule has 3 aromatic heterocycles. The molecular weight excluding hydrogens is 602 g/mol. The van der Waals surface area contributed by atoms with Gasteiger partial charge in [0.15, 0.2) is 11.5 Å². The Bertz CT molecular complexity index is 1580. The van der Waals surface area contributed by atoms with Gasteiger partial charge in [-0.15, -0.1) is 0 Å².